The second-order valence-electron chi connectivity index (χ2n) is 3.30. The summed E-state index contributed by atoms with van der Waals surface area (Å²) in [4.78, 5) is 8.38. The molecule has 0 spiro atoms. The van der Waals surface area contributed by atoms with Gasteiger partial charge in [0, 0.05) is 17.7 Å². The maximum Gasteiger partial charge on any atom is 0.197 e. The van der Waals surface area contributed by atoms with Crippen molar-refractivity contribution in [3.63, 3.8) is 0 Å². The fourth-order valence-electron chi connectivity index (χ4n) is 1.19. The summed E-state index contributed by atoms with van der Waals surface area (Å²) < 4.78 is 4.96. The van der Waals surface area contributed by atoms with E-state index in [0.717, 1.165) is 17.2 Å². The zero-order chi connectivity index (χ0) is 13.2. The smallest absolute Gasteiger partial charge is 0.197 e. The molecule has 0 aliphatic heterocycles. The number of hydrogen-bond donors (Lipinski definition) is 0. The summed E-state index contributed by atoms with van der Waals surface area (Å²) in [7, 11) is 1.52. The number of hydrogen-bond acceptors (Lipinski definition) is 5. The molecule has 0 bridgehead atoms. The van der Waals surface area contributed by atoms with E-state index in [1.165, 1.54) is 7.11 Å². The lowest BCUT2D eigenvalue weighted by molar-refractivity contribution is 0.393. The van der Waals surface area contributed by atoms with E-state index in [9.17, 15) is 0 Å². The SMILES string of the molecule is COC(CC#N)=NCCSCc1ncccc1Cl. The monoisotopic (exact) mass is 283 g/mol. The second kappa shape index (κ2) is 8.78. The average molecular weight is 284 g/mol. The van der Waals surface area contributed by atoms with Gasteiger partial charge in [-0.2, -0.15) is 17.0 Å². The van der Waals surface area contributed by atoms with Crippen LogP contribution < -0.4 is 0 Å². The van der Waals surface area contributed by atoms with E-state index in [1.54, 1.807) is 18.0 Å². The predicted octanol–water partition coefficient (Wildman–Crippen LogP) is 2.93. The number of pyridine rings is 1. The Bertz CT molecular complexity index is 445. The van der Waals surface area contributed by atoms with Crippen LogP contribution in [0.25, 0.3) is 0 Å². The van der Waals surface area contributed by atoms with Gasteiger partial charge in [-0.15, -0.1) is 0 Å². The molecule has 6 heteroatoms. The molecule has 0 radical (unpaired) electrons. The zero-order valence-electron chi connectivity index (χ0n) is 10.1. The molecule has 1 rings (SSSR count). The Hall–Kier alpha value is -1.25. The van der Waals surface area contributed by atoms with Gasteiger partial charge in [0.15, 0.2) is 5.90 Å². The van der Waals surface area contributed by atoms with Crippen molar-refractivity contribution in [2.75, 3.05) is 19.4 Å². The lowest BCUT2D eigenvalue weighted by atomic mass is 10.4. The Kier molecular flexibility index (Phi) is 7.23. The Morgan fingerprint density at radius 3 is 3.17 bits per heavy atom. The number of thioether (sulfide) groups is 1. The first-order valence-electron chi connectivity index (χ1n) is 5.39. The zero-order valence-corrected chi connectivity index (χ0v) is 11.7. The van der Waals surface area contributed by atoms with Crippen LogP contribution in [-0.2, 0) is 10.5 Å². The number of nitrogens with zero attached hydrogens (tertiary/aromatic N) is 3. The van der Waals surface area contributed by atoms with Crippen LogP contribution in [0.2, 0.25) is 5.02 Å². The quantitative estimate of drug-likeness (QED) is 0.457. The number of nitriles is 1. The lowest BCUT2D eigenvalue weighted by Crippen LogP contribution is -2.02. The summed E-state index contributed by atoms with van der Waals surface area (Å²) in [5.41, 5.74) is 0.886. The molecular formula is C12H14ClN3OS. The number of aromatic nitrogens is 1. The predicted molar refractivity (Wildman–Crippen MR) is 75.0 cm³/mol. The molecule has 4 nitrogen and oxygen atoms in total. The van der Waals surface area contributed by atoms with Gasteiger partial charge in [-0.05, 0) is 12.1 Å². The van der Waals surface area contributed by atoms with Crippen LogP contribution in [0.3, 0.4) is 0 Å². The molecule has 0 unspecified atom stereocenters. The van der Waals surface area contributed by atoms with E-state index >= 15 is 0 Å². The Morgan fingerprint density at radius 2 is 2.50 bits per heavy atom. The van der Waals surface area contributed by atoms with Crippen molar-refractivity contribution < 1.29 is 4.74 Å². The molecule has 1 heterocycles. The average Bonchev–Trinajstić information content (AvgIpc) is 2.39. The van der Waals surface area contributed by atoms with Gasteiger partial charge in [0.1, 0.15) is 6.42 Å². The van der Waals surface area contributed by atoms with Gasteiger partial charge in [-0.25, -0.2) is 0 Å². The van der Waals surface area contributed by atoms with Crippen molar-refractivity contribution in [1.29, 1.82) is 5.26 Å². The lowest BCUT2D eigenvalue weighted by Gasteiger charge is -2.02. The van der Waals surface area contributed by atoms with Crippen molar-refractivity contribution in [3.8, 4) is 6.07 Å². The molecule has 96 valence electrons. The topological polar surface area (TPSA) is 58.3 Å². The molecule has 0 saturated carbocycles. The highest BCUT2D eigenvalue weighted by molar-refractivity contribution is 7.98. The molecule has 1 aromatic heterocycles. The van der Waals surface area contributed by atoms with Crippen molar-refractivity contribution in [1.82, 2.24) is 4.98 Å². The van der Waals surface area contributed by atoms with Crippen LogP contribution in [0.15, 0.2) is 23.3 Å². The van der Waals surface area contributed by atoms with Crippen LogP contribution >= 0.6 is 23.4 Å². The van der Waals surface area contributed by atoms with Crippen LogP contribution in [0.4, 0.5) is 0 Å². The Morgan fingerprint density at radius 1 is 1.67 bits per heavy atom. The molecule has 0 aromatic carbocycles. The summed E-state index contributed by atoms with van der Waals surface area (Å²) in [6.07, 6.45) is 1.95. The van der Waals surface area contributed by atoms with Crippen LogP contribution in [0.1, 0.15) is 12.1 Å². The van der Waals surface area contributed by atoms with Crippen LogP contribution in [0, 0.1) is 11.3 Å². The number of halogens is 1. The van der Waals surface area contributed by atoms with E-state index < -0.39 is 0 Å². The van der Waals surface area contributed by atoms with Gasteiger partial charge in [-0.3, -0.25) is 9.98 Å². The summed E-state index contributed by atoms with van der Waals surface area (Å²) in [5, 5.41) is 9.20. The summed E-state index contributed by atoms with van der Waals surface area (Å²) in [6, 6.07) is 5.65. The Labute approximate surface area is 116 Å². The highest BCUT2D eigenvalue weighted by Crippen LogP contribution is 2.18. The fraction of sp³-hybridized carbons (Fsp3) is 0.417. The number of methoxy groups -OCH3 is 1. The van der Waals surface area contributed by atoms with E-state index in [1.807, 2.05) is 18.2 Å². The van der Waals surface area contributed by atoms with E-state index in [2.05, 4.69) is 9.98 Å². The maximum absolute atomic E-state index is 8.51. The summed E-state index contributed by atoms with van der Waals surface area (Å²) >= 11 is 7.69. The summed E-state index contributed by atoms with van der Waals surface area (Å²) in [6.45, 7) is 0.625. The Balaban J connectivity index is 2.27. The summed E-state index contributed by atoms with van der Waals surface area (Å²) in [5.74, 6) is 2.08. The normalized spacial score (nSPS) is 11.1. The number of ether oxygens (including phenoxy) is 1. The van der Waals surface area contributed by atoms with Crippen molar-refractivity contribution >= 4 is 29.3 Å². The van der Waals surface area contributed by atoms with Crippen molar-refractivity contribution in [3.05, 3.63) is 29.0 Å². The van der Waals surface area contributed by atoms with Crippen LogP contribution in [0.5, 0.6) is 0 Å². The molecule has 0 amide bonds. The van der Waals surface area contributed by atoms with Crippen molar-refractivity contribution in [2.45, 2.75) is 12.2 Å². The molecule has 0 N–H and O–H groups in total. The highest BCUT2D eigenvalue weighted by Gasteiger charge is 2.00. The fourth-order valence-corrected chi connectivity index (χ4v) is 2.24. The van der Waals surface area contributed by atoms with Gasteiger partial charge in [0.25, 0.3) is 0 Å². The minimum absolute atomic E-state index is 0.216. The number of rotatable bonds is 6. The molecule has 1 aromatic rings. The van der Waals surface area contributed by atoms with E-state index in [-0.39, 0.29) is 6.42 Å². The molecular weight excluding hydrogens is 270 g/mol. The minimum atomic E-state index is 0.216. The minimum Gasteiger partial charge on any atom is -0.484 e. The maximum atomic E-state index is 8.51. The first kappa shape index (κ1) is 14.8. The largest absolute Gasteiger partial charge is 0.484 e. The molecule has 0 aliphatic carbocycles. The third kappa shape index (κ3) is 5.39. The molecule has 0 saturated heterocycles. The van der Waals surface area contributed by atoms with Gasteiger partial charge >= 0.3 is 0 Å². The standard InChI is InChI=1S/C12H14ClN3OS/c1-17-12(4-5-14)16-7-8-18-9-11-10(13)3-2-6-15-11/h2-3,6H,4,7-9H2,1H3. The molecule has 0 fully saturated rings. The second-order valence-corrected chi connectivity index (χ2v) is 4.81. The van der Waals surface area contributed by atoms with Gasteiger partial charge < -0.3 is 4.74 Å². The third-order valence-corrected chi connectivity index (χ3v) is 3.36. The van der Waals surface area contributed by atoms with Crippen molar-refractivity contribution in [2.24, 2.45) is 4.99 Å². The van der Waals surface area contributed by atoms with Crippen LogP contribution in [-0.4, -0.2) is 30.3 Å². The van der Waals surface area contributed by atoms with Gasteiger partial charge in [0.2, 0.25) is 0 Å². The van der Waals surface area contributed by atoms with Gasteiger partial charge in [0.05, 0.1) is 30.4 Å². The van der Waals surface area contributed by atoms with Gasteiger partial charge in [-0.1, -0.05) is 11.6 Å². The first-order valence-corrected chi connectivity index (χ1v) is 6.92. The van der Waals surface area contributed by atoms with E-state index in [4.69, 9.17) is 21.6 Å². The van der Waals surface area contributed by atoms with E-state index in [0.29, 0.717) is 17.5 Å². The third-order valence-electron chi connectivity index (χ3n) is 2.06. The molecule has 0 atom stereocenters. The molecule has 0 aliphatic rings. The highest BCUT2D eigenvalue weighted by atomic mass is 35.5. The molecule has 18 heavy (non-hydrogen) atoms. The number of aliphatic imine (C=N–C) groups is 1. The first-order chi connectivity index (χ1) is 8.77.